The van der Waals surface area contributed by atoms with Gasteiger partial charge in [-0.15, -0.1) is 0 Å². The first-order valence-corrected chi connectivity index (χ1v) is 13.8. The fourth-order valence-corrected chi connectivity index (χ4v) is 6.86. The smallest absolute Gasteiger partial charge is 0.0645 e. The van der Waals surface area contributed by atoms with Gasteiger partial charge in [0.25, 0.3) is 0 Å². The SMILES string of the molecule is [2H]c1c([2H])c([2H])c(-c2ccc3c(c2)-c2cccc4c(-c5c([2H])c([2H])c([2H])c6c5c5c([2H])c([2H])c([2H])c([2H])c5n6-c5c([2H])c([2H])c([2H])c([2H])c5[2H])ccc(c24)S3)c([2H])c1[2H]. The lowest BCUT2D eigenvalue weighted by atomic mass is 9.90. The standard InChI is InChI=1S/C40H25NS/c1-3-11-26(12-4-1)27-21-23-37-34(25-27)32-17-9-16-31-29(22-24-38(42-37)40(31)32)30-18-10-20-36-39(30)33-15-7-8-19-35(33)41(36)28-13-5-2-6-14-28/h1-25H/i1D,2D,3D,4D,5D,6D,7D,8D,10D,11D,12D,13D,14D,15D,18D,19D,20D. The van der Waals surface area contributed by atoms with Crippen molar-refractivity contribution < 1.29 is 23.3 Å². The van der Waals surface area contributed by atoms with Crippen molar-refractivity contribution in [3.8, 4) is 39.1 Å². The lowest BCUT2D eigenvalue weighted by Crippen LogP contribution is -1.95. The van der Waals surface area contributed by atoms with Gasteiger partial charge in [0.2, 0.25) is 0 Å². The highest BCUT2D eigenvalue weighted by molar-refractivity contribution is 7.99. The summed E-state index contributed by atoms with van der Waals surface area (Å²) < 4.78 is 148. The van der Waals surface area contributed by atoms with Gasteiger partial charge >= 0.3 is 0 Å². The van der Waals surface area contributed by atoms with Crippen LogP contribution in [0, 0.1) is 0 Å². The predicted molar refractivity (Wildman–Crippen MR) is 179 cm³/mol. The molecule has 196 valence electrons. The summed E-state index contributed by atoms with van der Waals surface area (Å²) >= 11 is 1.42. The molecule has 0 atom stereocenters. The van der Waals surface area contributed by atoms with E-state index in [9.17, 15) is 2.74 Å². The third-order valence-electron chi connectivity index (χ3n) is 7.48. The molecule has 42 heavy (non-hydrogen) atoms. The van der Waals surface area contributed by atoms with Gasteiger partial charge in [-0.05, 0) is 81.1 Å². The molecule has 0 aliphatic carbocycles. The molecule has 8 aromatic rings. The van der Waals surface area contributed by atoms with Crippen molar-refractivity contribution in [3.63, 3.8) is 0 Å². The molecule has 2 heterocycles. The highest BCUT2D eigenvalue weighted by Crippen LogP contribution is 2.51. The average molecular weight is 569 g/mol. The van der Waals surface area contributed by atoms with Crippen LogP contribution in [0.4, 0.5) is 0 Å². The minimum atomic E-state index is -0.720. The van der Waals surface area contributed by atoms with Crippen LogP contribution in [0.1, 0.15) is 23.3 Å². The molecule has 1 aliphatic rings. The van der Waals surface area contributed by atoms with Gasteiger partial charge in [0.1, 0.15) is 0 Å². The second-order valence-corrected chi connectivity index (χ2v) is 10.7. The van der Waals surface area contributed by atoms with Gasteiger partial charge in [-0.25, -0.2) is 0 Å². The number of hydrogen-bond donors (Lipinski definition) is 0. The maximum atomic E-state index is 9.37. The minimum absolute atomic E-state index is 0.0227. The van der Waals surface area contributed by atoms with Crippen LogP contribution in [0.5, 0.6) is 0 Å². The third kappa shape index (κ3) is 3.46. The number of benzene rings is 7. The highest BCUT2D eigenvalue weighted by Gasteiger charge is 2.23. The number of rotatable bonds is 3. The van der Waals surface area contributed by atoms with Crippen LogP contribution < -0.4 is 0 Å². The molecule has 0 saturated heterocycles. The van der Waals surface area contributed by atoms with Crippen molar-refractivity contribution in [2.24, 2.45) is 0 Å². The van der Waals surface area contributed by atoms with Crippen LogP contribution >= 0.6 is 11.8 Å². The molecule has 0 N–H and O–H groups in total. The van der Waals surface area contributed by atoms with E-state index in [1.54, 1.807) is 30.3 Å². The fourth-order valence-electron chi connectivity index (χ4n) is 5.75. The monoisotopic (exact) mass is 568 g/mol. The van der Waals surface area contributed by atoms with E-state index in [-0.39, 0.29) is 45.0 Å². The van der Waals surface area contributed by atoms with Crippen LogP contribution in [-0.2, 0) is 0 Å². The number of aromatic nitrogens is 1. The Kier molecular flexibility index (Phi) is 2.74. The van der Waals surface area contributed by atoms with Crippen LogP contribution in [0.3, 0.4) is 0 Å². The molecule has 1 aromatic heterocycles. The van der Waals surface area contributed by atoms with E-state index in [1.165, 1.54) is 11.8 Å². The zero-order valence-electron chi connectivity index (χ0n) is 38.5. The Morgan fingerprint density at radius 1 is 0.476 bits per heavy atom. The van der Waals surface area contributed by atoms with Gasteiger partial charge in [-0.2, -0.15) is 0 Å². The van der Waals surface area contributed by atoms with Crippen molar-refractivity contribution in [2.45, 2.75) is 9.79 Å². The maximum Gasteiger partial charge on any atom is 0.0645 e. The van der Waals surface area contributed by atoms with Crippen LogP contribution in [0.2, 0.25) is 0 Å². The normalized spacial score (nSPS) is 17.9. The molecule has 0 saturated carbocycles. The summed E-state index contributed by atoms with van der Waals surface area (Å²) in [6.45, 7) is 0. The Balaban J connectivity index is 1.41. The summed E-state index contributed by atoms with van der Waals surface area (Å²) in [5, 5.41) is 1.05. The molecule has 9 rings (SSSR count). The van der Waals surface area contributed by atoms with E-state index in [0.29, 0.717) is 33.0 Å². The lowest BCUT2D eigenvalue weighted by Gasteiger charge is -2.23. The summed E-state index contributed by atoms with van der Waals surface area (Å²) in [4.78, 5) is 1.62. The Hall–Kier alpha value is -5.05. The maximum absolute atomic E-state index is 9.37. The van der Waals surface area contributed by atoms with Crippen LogP contribution in [0.15, 0.2) is 161 Å². The largest absolute Gasteiger partial charge is 0.309 e. The summed E-state index contributed by atoms with van der Waals surface area (Å²) in [5.41, 5.74) is 1.18. The van der Waals surface area contributed by atoms with E-state index < -0.39 is 96.3 Å². The van der Waals surface area contributed by atoms with Gasteiger partial charge in [-0.3, -0.25) is 0 Å². The highest BCUT2D eigenvalue weighted by atomic mass is 32.2. The molecule has 0 unspecified atom stereocenters. The van der Waals surface area contributed by atoms with E-state index in [2.05, 4.69) is 0 Å². The predicted octanol–water partition coefficient (Wildman–Crippen LogP) is 11.4. The summed E-state index contributed by atoms with van der Waals surface area (Å²) in [6, 6.07) is 4.43. The Labute approximate surface area is 272 Å². The molecular weight excluding hydrogens is 527 g/mol. The quantitative estimate of drug-likeness (QED) is 0.205. The zero-order valence-corrected chi connectivity index (χ0v) is 22.3. The van der Waals surface area contributed by atoms with Crippen molar-refractivity contribution in [3.05, 3.63) is 151 Å². The van der Waals surface area contributed by atoms with Gasteiger partial charge in [-0.1, -0.05) is 121 Å². The molecule has 0 amide bonds. The first kappa shape index (κ1) is 12.4. The van der Waals surface area contributed by atoms with E-state index >= 15 is 0 Å². The van der Waals surface area contributed by atoms with Gasteiger partial charge in [0.15, 0.2) is 0 Å². The summed E-state index contributed by atoms with van der Waals surface area (Å²) in [6.07, 6.45) is 0. The Bertz CT molecular complexity index is 3220. The minimum Gasteiger partial charge on any atom is -0.309 e. The number of para-hydroxylation sites is 2. The van der Waals surface area contributed by atoms with Gasteiger partial charge < -0.3 is 4.57 Å². The summed E-state index contributed by atoms with van der Waals surface area (Å²) in [5.74, 6) is 0. The molecule has 7 aromatic carbocycles. The molecule has 0 radical (unpaired) electrons. The van der Waals surface area contributed by atoms with Crippen molar-refractivity contribution in [1.29, 1.82) is 0 Å². The molecule has 0 fully saturated rings. The second kappa shape index (κ2) is 9.24. The Morgan fingerprint density at radius 3 is 2.12 bits per heavy atom. The van der Waals surface area contributed by atoms with Crippen molar-refractivity contribution >= 4 is 44.3 Å². The second-order valence-electron chi connectivity index (χ2n) is 9.66. The van der Waals surface area contributed by atoms with Crippen LogP contribution in [-0.4, -0.2) is 4.57 Å². The Morgan fingerprint density at radius 2 is 1.24 bits per heavy atom. The third-order valence-corrected chi connectivity index (χ3v) is 8.62. The number of hydrogen-bond acceptors (Lipinski definition) is 1. The molecule has 1 nitrogen and oxygen atoms in total. The average Bonchev–Trinajstić information content (AvgIpc) is 3.57. The molecule has 0 spiro atoms. The first-order valence-electron chi connectivity index (χ1n) is 21.5. The number of nitrogens with zero attached hydrogens (tertiary/aromatic N) is 1. The zero-order chi connectivity index (χ0) is 42.4. The number of fused-ring (bicyclic) bond motifs is 5. The lowest BCUT2D eigenvalue weighted by molar-refractivity contribution is 1.18. The topological polar surface area (TPSA) is 4.93 Å². The fraction of sp³-hybridized carbons (Fsp3) is 0. The van der Waals surface area contributed by atoms with Crippen molar-refractivity contribution in [1.82, 2.24) is 4.57 Å². The first-order chi connectivity index (χ1) is 27.9. The van der Waals surface area contributed by atoms with Gasteiger partial charge in [0.05, 0.1) is 34.3 Å². The molecule has 2 heteroatoms. The van der Waals surface area contributed by atoms with E-state index in [4.69, 9.17) is 20.6 Å². The van der Waals surface area contributed by atoms with Gasteiger partial charge in [0, 0.05) is 31.6 Å². The van der Waals surface area contributed by atoms with Crippen molar-refractivity contribution in [2.75, 3.05) is 0 Å². The van der Waals surface area contributed by atoms with Crippen LogP contribution in [0.25, 0.3) is 71.6 Å². The van der Waals surface area contributed by atoms with E-state index in [0.717, 1.165) is 14.4 Å². The van der Waals surface area contributed by atoms with E-state index in [1.807, 2.05) is 18.2 Å². The molecular formula is C40H25NS. The molecule has 1 aliphatic heterocycles. The summed E-state index contributed by atoms with van der Waals surface area (Å²) in [7, 11) is 0. The molecule has 0 bridgehead atoms.